The standard InChI is InChI=1S/C30H53NO11/c1-12-19-30(8,38)25(36)15(3)21(32)14(2)13-29(7,39-11)26(16(4)22(33)17(5)27(37)41-19)42-28-24(35)20(31(9)10)23(34)18(6)40-28/h14-20,23-26,28,34-36,38H,12-13H2,1-11H3/t14-,15+,16+,17-,18-,19-,20+,23-,24-,25-,26-,28+,29-,30-/m1/s1. The van der Waals surface area contributed by atoms with Gasteiger partial charge in [0.05, 0.1) is 36.1 Å². The lowest BCUT2D eigenvalue weighted by molar-refractivity contribution is -0.313. The maximum absolute atomic E-state index is 13.8. The largest absolute Gasteiger partial charge is 0.459 e. The number of likely N-dealkylation sites (N-methyl/N-ethyl adjacent to an activating group) is 1. The number of carbonyl (C=O) groups is 3. The lowest BCUT2D eigenvalue weighted by Crippen LogP contribution is -2.64. The maximum Gasteiger partial charge on any atom is 0.316 e. The lowest BCUT2D eigenvalue weighted by atomic mass is 9.74. The van der Waals surface area contributed by atoms with E-state index in [1.165, 1.54) is 27.9 Å². The van der Waals surface area contributed by atoms with E-state index in [0.29, 0.717) is 0 Å². The van der Waals surface area contributed by atoms with Gasteiger partial charge in [0, 0.05) is 24.9 Å². The number of ether oxygens (including phenoxy) is 4. The Kier molecular flexibility index (Phi) is 12.3. The molecular weight excluding hydrogens is 550 g/mol. The van der Waals surface area contributed by atoms with Crippen molar-refractivity contribution in [2.75, 3.05) is 21.2 Å². The minimum absolute atomic E-state index is 0.0396. The van der Waals surface area contributed by atoms with Gasteiger partial charge in [-0.25, -0.2) is 0 Å². The summed E-state index contributed by atoms with van der Waals surface area (Å²) in [5.41, 5.74) is -3.29. The van der Waals surface area contributed by atoms with Gasteiger partial charge in [-0.1, -0.05) is 27.7 Å². The molecule has 42 heavy (non-hydrogen) atoms. The van der Waals surface area contributed by atoms with Gasteiger partial charge in [0.2, 0.25) is 0 Å². The average molecular weight is 604 g/mol. The van der Waals surface area contributed by atoms with E-state index >= 15 is 0 Å². The number of cyclic esters (lactones) is 1. The van der Waals surface area contributed by atoms with Crippen LogP contribution in [0.4, 0.5) is 0 Å². The van der Waals surface area contributed by atoms with Crippen LogP contribution in [0, 0.1) is 23.7 Å². The zero-order chi connectivity index (χ0) is 32.5. The first-order valence-corrected chi connectivity index (χ1v) is 14.8. The number of carbonyl (C=O) groups excluding carboxylic acids is 3. The van der Waals surface area contributed by atoms with Crippen molar-refractivity contribution in [2.24, 2.45) is 23.7 Å². The minimum Gasteiger partial charge on any atom is -0.459 e. The number of rotatable bonds is 5. The third-order valence-electron chi connectivity index (χ3n) is 9.44. The van der Waals surface area contributed by atoms with Crippen molar-refractivity contribution in [3.05, 3.63) is 0 Å². The van der Waals surface area contributed by atoms with Gasteiger partial charge in [-0.15, -0.1) is 0 Å². The van der Waals surface area contributed by atoms with Gasteiger partial charge < -0.3 is 44.3 Å². The van der Waals surface area contributed by atoms with Crippen LogP contribution in [-0.4, -0.2) is 124 Å². The number of aliphatic hydroxyl groups is 4. The lowest BCUT2D eigenvalue weighted by Gasteiger charge is -2.48. The molecule has 0 saturated carbocycles. The third-order valence-corrected chi connectivity index (χ3v) is 9.44. The molecule has 2 aliphatic rings. The summed E-state index contributed by atoms with van der Waals surface area (Å²) in [5, 5.41) is 44.2. The molecule has 2 heterocycles. The molecule has 12 nitrogen and oxygen atoms in total. The first-order valence-electron chi connectivity index (χ1n) is 14.8. The van der Waals surface area contributed by atoms with Crippen molar-refractivity contribution >= 4 is 17.5 Å². The van der Waals surface area contributed by atoms with Crippen LogP contribution in [0.2, 0.25) is 0 Å². The van der Waals surface area contributed by atoms with Crippen LogP contribution >= 0.6 is 0 Å². The summed E-state index contributed by atoms with van der Waals surface area (Å²) >= 11 is 0. The SMILES string of the molecule is CC[C@H]1OC(=O)[C@H](C)C(=O)[C@H](C)[C@@H](O[C@@H]2O[C@H](C)[C@@H](O)[C@H](N(C)C)[C@H]2O)[C@](C)(OC)C[C@@H](C)C(=O)[C@H](C)[C@@H](O)[C@]1(C)O. The molecule has 14 atom stereocenters. The molecule has 12 heteroatoms. The smallest absolute Gasteiger partial charge is 0.316 e. The zero-order valence-corrected chi connectivity index (χ0v) is 26.9. The second-order valence-electron chi connectivity index (χ2n) is 12.9. The number of hydrogen-bond acceptors (Lipinski definition) is 12. The van der Waals surface area contributed by atoms with Crippen molar-refractivity contribution in [3.8, 4) is 0 Å². The second-order valence-corrected chi connectivity index (χ2v) is 12.9. The number of methoxy groups -OCH3 is 1. The highest BCUT2D eigenvalue weighted by molar-refractivity contribution is 6.00. The van der Waals surface area contributed by atoms with Crippen molar-refractivity contribution in [2.45, 2.75) is 128 Å². The summed E-state index contributed by atoms with van der Waals surface area (Å²) in [4.78, 5) is 42.2. The van der Waals surface area contributed by atoms with Crippen LogP contribution in [0.25, 0.3) is 0 Å². The van der Waals surface area contributed by atoms with Gasteiger partial charge in [0.15, 0.2) is 12.1 Å². The van der Waals surface area contributed by atoms with E-state index in [2.05, 4.69) is 0 Å². The second kappa shape index (κ2) is 14.1. The highest BCUT2D eigenvalue weighted by Gasteiger charge is 2.52. The molecule has 0 aromatic rings. The number of nitrogens with zero attached hydrogens (tertiary/aromatic N) is 1. The Hall–Kier alpha value is -1.51. The van der Waals surface area contributed by atoms with Crippen molar-refractivity contribution in [1.82, 2.24) is 4.90 Å². The fourth-order valence-corrected chi connectivity index (χ4v) is 6.51. The molecule has 0 radical (unpaired) electrons. The van der Waals surface area contributed by atoms with E-state index in [4.69, 9.17) is 18.9 Å². The molecule has 0 unspecified atom stereocenters. The first-order chi connectivity index (χ1) is 19.3. The Morgan fingerprint density at radius 1 is 0.952 bits per heavy atom. The van der Waals surface area contributed by atoms with Gasteiger partial charge in [0.25, 0.3) is 0 Å². The molecule has 0 spiro atoms. The Morgan fingerprint density at radius 2 is 1.52 bits per heavy atom. The van der Waals surface area contributed by atoms with Crippen molar-refractivity contribution in [3.63, 3.8) is 0 Å². The Bertz CT molecular complexity index is 958. The molecule has 4 N–H and O–H groups in total. The highest BCUT2D eigenvalue weighted by Crippen LogP contribution is 2.38. The molecule has 244 valence electrons. The normalized spacial score (nSPS) is 46.8. The minimum atomic E-state index is -1.97. The molecule has 0 bridgehead atoms. The van der Waals surface area contributed by atoms with Gasteiger partial charge in [-0.3, -0.25) is 14.4 Å². The third kappa shape index (κ3) is 7.23. The van der Waals surface area contributed by atoms with Gasteiger partial charge in [0.1, 0.15) is 29.5 Å². The van der Waals surface area contributed by atoms with Crippen LogP contribution in [0.3, 0.4) is 0 Å². The Balaban J connectivity index is 2.63. The predicted octanol–water partition coefficient (Wildman–Crippen LogP) is 0.694. The van der Waals surface area contributed by atoms with Crippen LogP contribution < -0.4 is 0 Å². The highest BCUT2D eigenvalue weighted by atomic mass is 16.7. The van der Waals surface area contributed by atoms with Crippen LogP contribution in [0.15, 0.2) is 0 Å². The molecule has 2 aliphatic heterocycles. The summed E-state index contributed by atoms with van der Waals surface area (Å²) in [7, 11) is 4.82. The fraction of sp³-hybridized carbons (Fsp3) is 0.900. The topological polar surface area (TPSA) is 172 Å². The molecule has 2 fully saturated rings. The predicted molar refractivity (Wildman–Crippen MR) is 152 cm³/mol. The molecular formula is C30H53NO11. The molecule has 0 aliphatic carbocycles. The van der Waals surface area contributed by atoms with E-state index in [1.54, 1.807) is 53.6 Å². The van der Waals surface area contributed by atoms with Gasteiger partial charge in [-0.2, -0.15) is 0 Å². The van der Waals surface area contributed by atoms with E-state index < -0.39 is 95.6 Å². The first kappa shape index (κ1) is 36.7. The summed E-state index contributed by atoms with van der Waals surface area (Å²) in [5.74, 6) is -5.85. The molecule has 0 aromatic carbocycles. The fourth-order valence-electron chi connectivity index (χ4n) is 6.51. The monoisotopic (exact) mass is 603 g/mol. The summed E-state index contributed by atoms with van der Waals surface area (Å²) in [6.07, 6.45) is -8.04. The Morgan fingerprint density at radius 3 is 2.02 bits per heavy atom. The number of hydrogen-bond donors (Lipinski definition) is 4. The van der Waals surface area contributed by atoms with Crippen molar-refractivity contribution < 1.29 is 53.8 Å². The number of aliphatic hydroxyl groups excluding tert-OH is 3. The number of esters is 1. The quantitative estimate of drug-likeness (QED) is 0.256. The molecule has 0 amide bonds. The van der Waals surface area contributed by atoms with Gasteiger partial charge >= 0.3 is 5.97 Å². The van der Waals surface area contributed by atoms with E-state index in [-0.39, 0.29) is 18.6 Å². The van der Waals surface area contributed by atoms with Crippen LogP contribution in [-0.2, 0) is 33.3 Å². The summed E-state index contributed by atoms with van der Waals surface area (Å²) in [6.45, 7) is 12.4. The number of Topliss-reactive ketones (excluding diaryl/α,β-unsaturated/α-hetero) is 2. The maximum atomic E-state index is 13.8. The zero-order valence-electron chi connectivity index (χ0n) is 26.9. The van der Waals surface area contributed by atoms with E-state index in [0.717, 1.165) is 0 Å². The van der Waals surface area contributed by atoms with E-state index in [9.17, 15) is 34.8 Å². The average Bonchev–Trinajstić information content (AvgIpc) is 2.93. The summed E-state index contributed by atoms with van der Waals surface area (Å²) < 4.78 is 23.7. The Labute approximate surface area is 249 Å². The summed E-state index contributed by atoms with van der Waals surface area (Å²) in [6, 6.07) is -0.743. The molecule has 2 rings (SSSR count). The van der Waals surface area contributed by atoms with Crippen molar-refractivity contribution in [1.29, 1.82) is 0 Å². The van der Waals surface area contributed by atoms with E-state index in [1.807, 2.05) is 0 Å². The number of ketones is 2. The van der Waals surface area contributed by atoms with Crippen LogP contribution in [0.5, 0.6) is 0 Å². The molecule has 2 saturated heterocycles. The van der Waals surface area contributed by atoms with Crippen LogP contribution in [0.1, 0.15) is 68.2 Å². The molecule has 0 aromatic heterocycles. The van der Waals surface area contributed by atoms with Gasteiger partial charge in [-0.05, 0) is 54.6 Å².